The van der Waals surface area contributed by atoms with Crippen molar-refractivity contribution >= 4 is 11.6 Å². The molecule has 2 atom stereocenters. The molecule has 1 fully saturated rings. The molecular weight excluding hydrogens is 262 g/mol. The summed E-state index contributed by atoms with van der Waals surface area (Å²) in [6.45, 7) is 9.77. The van der Waals surface area contributed by atoms with Gasteiger partial charge in [0.15, 0.2) is 0 Å². The number of likely N-dealkylation sites (tertiary alicyclic amines) is 1. The van der Waals surface area contributed by atoms with Crippen molar-refractivity contribution in [2.75, 3.05) is 31.3 Å². The topological polar surface area (TPSA) is 53.1 Å². The zero-order chi connectivity index (χ0) is 15.6. The van der Waals surface area contributed by atoms with Crippen LogP contribution in [0.5, 0.6) is 0 Å². The fourth-order valence-electron chi connectivity index (χ4n) is 2.79. The molecule has 0 radical (unpaired) electrons. The first-order valence-corrected chi connectivity index (χ1v) is 7.95. The zero-order valence-electron chi connectivity index (χ0n) is 14.2. The van der Waals surface area contributed by atoms with Gasteiger partial charge in [-0.2, -0.15) is 0 Å². The molecular formula is C16H29N5. The highest BCUT2D eigenvalue weighted by atomic mass is 15.2. The Hall–Kier alpha value is -1.36. The highest BCUT2D eigenvalue weighted by molar-refractivity contribution is 5.57. The predicted octanol–water partition coefficient (Wildman–Crippen LogP) is 2.84. The smallest absolute Gasteiger partial charge is 0.135 e. The molecule has 2 heterocycles. The maximum Gasteiger partial charge on any atom is 0.135 e. The van der Waals surface area contributed by atoms with Crippen LogP contribution >= 0.6 is 0 Å². The third kappa shape index (κ3) is 3.64. The van der Waals surface area contributed by atoms with Crippen LogP contribution in [0.2, 0.25) is 0 Å². The van der Waals surface area contributed by atoms with E-state index in [2.05, 4.69) is 55.3 Å². The lowest BCUT2D eigenvalue weighted by Gasteiger charge is -2.35. The van der Waals surface area contributed by atoms with E-state index in [9.17, 15) is 0 Å². The molecule has 118 valence electrons. The summed E-state index contributed by atoms with van der Waals surface area (Å²) in [7, 11) is 4.12. The average molecular weight is 291 g/mol. The second-order valence-corrected chi connectivity index (χ2v) is 6.50. The van der Waals surface area contributed by atoms with Gasteiger partial charge in [0.05, 0.1) is 0 Å². The van der Waals surface area contributed by atoms with Gasteiger partial charge in [-0.05, 0) is 33.7 Å². The molecule has 1 aliphatic rings. The third-order valence-corrected chi connectivity index (χ3v) is 4.47. The number of nitrogens with one attached hydrogen (secondary N) is 2. The fourth-order valence-corrected chi connectivity index (χ4v) is 2.79. The van der Waals surface area contributed by atoms with E-state index in [0.29, 0.717) is 18.0 Å². The van der Waals surface area contributed by atoms with E-state index in [1.54, 1.807) is 0 Å². The van der Waals surface area contributed by atoms with Gasteiger partial charge in [-0.25, -0.2) is 9.97 Å². The third-order valence-electron chi connectivity index (χ3n) is 4.47. The summed E-state index contributed by atoms with van der Waals surface area (Å²) in [5.41, 5.74) is 1.11. The fraction of sp³-hybridized carbons (Fsp3) is 0.750. The molecule has 0 saturated carbocycles. The Morgan fingerprint density at radius 3 is 2.48 bits per heavy atom. The zero-order valence-corrected chi connectivity index (χ0v) is 14.2. The number of hydrogen-bond donors (Lipinski definition) is 2. The minimum absolute atomic E-state index is 0.328. The Balaban J connectivity index is 2.20. The molecule has 0 spiro atoms. The molecule has 1 saturated heterocycles. The molecule has 2 N–H and O–H groups in total. The summed E-state index contributed by atoms with van der Waals surface area (Å²) < 4.78 is 0. The van der Waals surface area contributed by atoms with Crippen LogP contribution in [0.3, 0.4) is 0 Å². The lowest BCUT2D eigenvalue weighted by molar-refractivity contribution is 0.190. The number of anilines is 2. The van der Waals surface area contributed by atoms with E-state index in [1.165, 1.54) is 0 Å². The van der Waals surface area contributed by atoms with Gasteiger partial charge in [-0.15, -0.1) is 0 Å². The summed E-state index contributed by atoms with van der Waals surface area (Å²) in [5, 5.41) is 6.84. The Morgan fingerprint density at radius 2 is 1.90 bits per heavy atom. The molecule has 1 aliphatic heterocycles. The van der Waals surface area contributed by atoms with Gasteiger partial charge in [0, 0.05) is 37.2 Å². The van der Waals surface area contributed by atoms with E-state index in [0.717, 1.165) is 42.4 Å². The van der Waals surface area contributed by atoms with Gasteiger partial charge in [-0.1, -0.05) is 13.8 Å². The van der Waals surface area contributed by atoms with E-state index in [-0.39, 0.29) is 0 Å². The SMILES string of the molecule is CNc1nc(C(C)C)nc(NC2CCN(C)C(C)C2)c1C. The molecule has 0 aliphatic carbocycles. The standard InChI is InChI=1S/C16H29N5/c1-10(2)14-19-15(17-5)12(4)16(20-14)18-13-7-8-21(6)11(3)9-13/h10-11,13H,7-9H2,1-6H3,(H2,17,18,19,20). The Bertz CT molecular complexity index is 486. The lowest BCUT2D eigenvalue weighted by Crippen LogP contribution is -2.42. The minimum Gasteiger partial charge on any atom is -0.373 e. The molecule has 0 aromatic carbocycles. The Kier molecular flexibility index (Phi) is 5.04. The van der Waals surface area contributed by atoms with Gasteiger partial charge in [0.25, 0.3) is 0 Å². The van der Waals surface area contributed by atoms with Crippen molar-refractivity contribution in [3.8, 4) is 0 Å². The monoisotopic (exact) mass is 291 g/mol. The van der Waals surface area contributed by atoms with Crippen LogP contribution in [-0.2, 0) is 0 Å². The van der Waals surface area contributed by atoms with Gasteiger partial charge in [0.1, 0.15) is 17.5 Å². The van der Waals surface area contributed by atoms with Crippen LogP contribution in [-0.4, -0.2) is 47.6 Å². The van der Waals surface area contributed by atoms with Crippen molar-refractivity contribution in [1.29, 1.82) is 0 Å². The van der Waals surface area contributed by atoms with Crippen molar-refractivity contribution in [1.82, 2.24) is 14.9 Å². The van der Waals surface area contributed by atoms with Crippen molar-refractivity contribution in [3.05, 3.63) is 11.4 Å². The maximum absolute atomic E-state index is 4.74. The Morgan fingerprint density at radius 1 is 1.24 bits per heavy atom. The molecule has 5 heteroatoms. The summed E-state index contributed by atoms with van der Waals surface area (Å²) in [6, 6.07) is 1.11. The average Bonchev–Trinajstić information content (AvgIpc) is 2.44. The summed E-state index contributed by atoms with van der Waals surface area (Å²) in [5.74, 6) is 3.14. The van der Waals surface area contributed by atoms with E-state index < -0.39 is 0 Å². The molecule has 0 bridgehead atoms. The van der Waals surface area contributed by atoms with Gasteiger partial charge in [0.2, 0.25) is 0 Å². The second-order valence-electron chi connectivity index (χ2n) is 6.50. The van der Waals surface area contributed by atoms with Crippen LogP contribution in [0.15, 0.2) is 0 Å². The molecule has 2 unspecified atom stereocenters. The first kappa shape index (κ1) is 16.0. The number of hydrogen-bond acceptors (Lipinski definition) is 5. The first-order valence-electron chi connectivity index (χ1n) is 7.95. The highest BCUT2D eigenvalue weighted by Gasteiger charge is 2.24. The minimum atomic E-state index is 0.328. The quantitative estimate of drug-likeness (QED) is 0.893. The van der Waals surface area contributed by atoms with E-state index in [1.807, 2.05) is 7.05 Å². The molecule has 21 heavy (non-hydrogen) atoms. The van der Waals surface area contributed by atoms with Crippen LogP contribution in [0, 0.1) is 6.92 Å². The van der Waals surface area contributed by atoms with Crippen molar-refractivity contribution in [3.63, 3.8) is 0 Å². The van der Waals surface area contributed by atoms with Crippen LogP contribution < -0.4 is 10.6 Å². The highest BCUT2D eigenvalue weighted by Crippen LogP contribution is 2.26. The van der Waals surface area contributed by atoms with Crippen molar-refractivity contribution in [2.24, 2.45) is 0 Å². The van der Waals surface area contributed by atoms with Crippen LogP contribution in [0.4, 0.5) is 11.6 Å². The molecule has 2 rings (SSSR count). The molecule has 1 aromatic rings. The van der Waals surface area contributed by atoms with Crippen molar-refractivity contribution < 1.29 is 0 Å². The first-order chi connectivity index (χ1) is 9.92. The van der Waals surface area contributed by atoms with Gasteiger partial charge in [-0.3, -0.25) is 0 Å². The Labute approximate surface area is 128 Å². The summed E-state index contributed by atoms with van der Waals surface area (Å²) in [6.07, 6.45) is 2.32. The van der Waals surface area contributed by atoms with Gasteiger partial charge >= 0.3 is 0 Å². The summed E-state index contributed by atoms with van der Waals surface area (Å²) in [4.78, 5) is 11.8. The van der Waals surface area contributed by atoms with Crippen molar-refractivity contribution in [2.45, 2.75) is 58.5 Å². The molecule has 0 amide bonds. The van der Waals surface area contributed by atoms with E-state index in [4.69, 9.17) is 4.98 Å². The summed E-state index contributed by atoms with van der Waals surface area (Å²) >= 11 is 0. The predicted molar refractivity (Wildman–Crippen MR) is 89.1 cm³/mol. The second kappa shape index (κ2) is 6.60. The number of piperidine rings is 1. The van der Waals surface area contributed by atoms with E-state index >= 15 is 0 Å². The number of aromatic nitrogens is 2. The van der Waals surface area contributed by atoms with Crippen LogP contribution in [0.25, 0.3) is 0 Å². The molecule has 5 nitrogen and oxygen atoms in total. The van der Waals surface area contributed by atoms with Gasteiger partial charge < -0.3 is 15.5 Å². The maximum atomic E-state index is 4.74. The molecule has 1 aromatic heterocycles. The largest absolute Gasteiger partial charge is 0.373 e. The lowest BCUT2D eigenvalue weighted by atomic mass is 9.99. The normalized spacial score (nSPS) is 23.4. The number of nitrogens with zero attached hydrogens (tertiary/aromatic N) is 3. The number of rotatable bonds is 4. The van der Waals surface area contributed by atoms with Crippen LogP contribution in [0.1, 0.15) is 50.9 Å².